The van der Waals surface area contributed by atoms with Gasteiger partial charge in [-0.1, -0.05) is 28.6 Å². The molecule has 1 rings (SSSR count). The Morgan fingerprint density at radius 1 is 1.60 bits per heavy atom. The van der Waals surface area contributed by atoms with E-state index in [0.29, 0.717) is 11.1 Å². The van der Waals surface area contributed by atoms with Crippen molar-refractivity contribution in [1.82, 2.24) is 0 Å². The normalized spacial score (nSPS) is 8.67. The number of phenolic OH excluding ortho intramolecular Hbond substituents is 1. The van der Waals surface area contributed by atoms with Crippen LogP contribution in [-0.2, 0) is 0 Å². The third-order valence-corrected chi connectivity index (χ3v) is 1.99. The quantitative estimate of drug-likeness (QED) is 0.337. The smallest absolute Gasteiger partial charge is 0.137 e. The number of hydrogen-bond acceptors (Lipinski definition) is 2. The van der Waals surface area contributed by atoms with Crippen LogP contribution in [0.3, 0.4) is 0 Å². The third-order valence-electron chi connectivity index (χ3n) is 1.70. The summed E-state index contributed by atoms with van der Waals surface area (Å²) in [5.41, 5.74) is 9.37. The molecule has 0 aliphatic carbocycles. The van der Waals surface area contributed by atoms with Gasteiger partial charge in [-0.05, 0) is 30.2 Å². The second-order valence-electron chi connectivity index (χ2n) is 2.81. The fourth-order valence-corrected chi connectivity index (χ4v) is 1.28. The van der Waals surface area contributed by atoms with E-state index in [-0.39, 0.29) is 17.3 Å². The van der Waals surface area contributed by atoms with Gasteiger partial charge in [-0.2, -0.15) is 0 Å². The average molecular weight is 222 g/mol. The highest BCUT2D eigenvalue weighted by Gasteiger charge is 2.02. The maximum Gasteiger partial charge on any atom is 0.137 e. The fourth-order valence-electron chi connectivity index (χ4n) is 1.02. The van der Waals surface area contributed by atoms with Gasteiger partial charge in [0, 0.05) is 10.5 Å². The van der Waals surface area contributed by atoms with Crippen molar-refractivity contribution in [3.8, 4) is 17.6 Å². The zero-order valence-corrected chi connectivity index (χ0v) is 8.78. The van der Waals surface area contributed by atoms with Crippen molar-refractivity contribution < 1.29 is 5.11 Å². The number of halogens is 1. The molecule has 0 bridgehead atoms. The molecule has 0 aliphatic rings. The lowest BCUT2D eigenvalue weighted by Gasteiger charge is -2.01. The number of rotatable bonds is 1. The standard InChI is InChI=1S/C10H8ClN3O/c1-7-5-8(3-2-4-13-14-12)6-9(11)10(7)15/h5-6,15H,4H2,1H3. The van der Waals surface area contributed by atoms with Crippen LogP contribution in [0, 0.1) is 18.8 Å². The molecule has 0 saturated heterocycles. The zero-order chi connectivity index (χ0) is 11.3. The number of benzene rings is 1. The summed E-state index contributed by atoms with van der Waals surface area (Å²) in [6, 6.07) is 3.28. The van der Waals surface area contributed by atoms with Gasteiger partial charge in [-0.25, -0.2) is 0 Å². The molecule has 0 spiro atoms. The number of nitrogens with zero attached hydrogens (tertiary/aromatic N) is 3. The van der Waals surface area contributed by atoms with Crippen molar-refractivity contribution >= 4 is 11.6 Å². The molecule has 1 N–H and O–H groups in total. The predicted octanol–water partition coefficient (Wildman–Crippen LogP) is 3.02. The van der Waals surface area contributed by atoms with Gasteiger partial charge in [-0.15, -0.1) is 0 Å². The van der Waals surface area contributed by atoms with Crippen LogP contribution in [-0.4, -0.2) is 11.7 Å². The van der Waals surface area contributed by atoms with E-state index in [2.05, 4.69) is 21.9 Å². The monoisotopic (exact) mass is 221 g/mol. The molecule has 0 amide bonds. The first-order valence-electron chi connectivity index (χ1n) is 4.14. The highest BCUT2D eigenvalue weighted by molar-refractivity contribution is 6.32. The molecule has 1 aromatic rings. The van der Waals surface area contributed by atoms with Gasteiger partial charge in [0.15, 0.2) is 0 Å². The first-order chi connectivity index (χ1) is 7.15. The average Bonchev–Trinajstić information content (AvgIpc) is 2.21. The van der Waals surface area contributed by atoms with Crippen LogP contribution < -0.4 is 0 Å². The van der Waals surface area contributed by atoms with E-state index in [0.717, 1.165) is 0 Å². The Hall–Kier alpha value is -1.82. The van der Waals surface area contributed by atoms with Crippen molar-refractivity contribution in [3.63, 3.8) is 0 Å². The van der Waals surface area contributed by atoms with Crippen LogP contribution in [0.2, 0.25) is 5.02 Å². The topological polar surface area (TPSA) is 69.0 Å². The lowest BCUT2D eigenvalue weighted by molar-refractivity contribution is 0.471. The summed E-state index contributed by atoms with van der Waals surface area (Å²) >= 11 is 5.76. The van der Waals surface area contributed by atoms with E-state index in [9.17, 15) is 5.11 Å². The van der Waals surface area contributed by atoms with Gasteiger partial charge in [0.05, 0.1) is 11.6 Å². The first-order valence-corrected chi connectivity index (χ1v) is 4.52. The fraction of sp³-hybridized carbons (Fsp3) is 0.200. The predicted molar refractivity (Wildman–Crippen MR) is 58.7 cm³/mol. The molecule has 5 heteroatoms. The van der Waals surface area contributed by atoms with Gasteiger partial charge in [0.25, 0.3) is 0 Å². The Morgan fingerprint density at radius 3 is 2.93 bits per heavy atom. The number of hydrogen-bond donors (Lipinski definition) is 1. The van der Waals surface area contributed by atoms with Crippen LogP contribution in [0.1, 0.15) is 11.1 Å². The lowest BCUT2D eigenvalue weighted by Crippen LogP contribution is -1.81. The minimum atomic E-state index is 0.0669. The molecule has 0 saturated carbocycles. The van der Waals surface area contributed by atoms with Crippen LogP contribution in [0.5, 0.6) is 5.75 Å². The molecule has 0 radical (unpaired) electrons. The molecule has 15 heavy (non-hydrogen) atoms. The minimum absolute atomic E-state index is 0.0669. The summed E-state index contributed by atoms with van der Waals surface area (Å²) in [5, 5.41) is 12.9. The van der Waals surface area contributed by atoms with Gasteiger partial charge in [-0.3, -0.25) is 0 Å². The van der Waals surface area contributed by atoms with E-state index < -0.39 is 0 Å². The highest BCUT2D eigenvalue weighted by atomic mass is 35.5. The summed E-state index contributed by atoms with van der Waals surface area (Å²) in [7, 11) is 0. The van der Waals surface area contributed by atoms with Crippen molar-refractivity contribution in [3.05, 3.63) is 38.7 Å². The Balaban J connectivity index is 2.95. The van der Waals surface area contributed by atoms with Crippen LogP contribution in [0.4, 0.5) is 0 Å². The molecule has 1 aromatic carbocycles. The molecule has 0 atom stereocenters. The van der Waals surface area contributed by atoms with E-state index in [1.165, 1.54) is 0 Å². The van der Waals surface area contributed by atoms with Crippen LogP contribution >= 0.6 is 11.6 Å². The van der Waals surface area contributed by atoms with E-state index >= 15 is 0 Å². The summed E-state index contributed by atoms with van der Waals surface area (Å²) in [6.07, 6.45) is 0. The van der Waals surface area contributed by atoms with Gasteiger partial charge in [0.2, 0.25) is 0 Å². The number of aryl methyl sites for hydroxylation is 1. The maximum atomic E-state index is 9.39. The second-order valence-corrected chi connectivity index (χ2v) is 3.22. The van der Waals surface area contributed by atoms with Crippen molar-refractivity contribution in [2.24, 2.45) is 5.11 Å². The second kappa shape index (κ2) is 5.16. The molecule has 0 aliphatic heterocycles. The van der Waals surface area contributed by atoms with Gasteiger partial charge < -0.3 is 5.11 Å². The third kappa shape index (κ3) is 3.10. The SMILES string of the molecule is Cc1cc(C#CCN=[N+]=[N-])cc(Cl)c1O. The van der Waals surface area contributed by atoms with Gasteiger partial charge in [0.1, 0.15) is 5.75 Å². The summed E-state index contributed by atoms with van der Waals surface area (Å²) < 4.78 is 0. The molecule has 76 valence electrons. The zero-order valence-electron chi connectivity index (χ0n) is 8.03. The molecule has 0 heterocycles. The molecular weight excluding hydrogens is 214 g/mol. The Bertz CT molecular complexity index is 458. The van der Waals surface area contributed by atoms with Crippen molar-refractivity contribution in [2.45, 2.75) is 6.92 Å². The molecule has 0 unspecified atom stereocenters. The number of aromatic hydroxyl groups is 1. The summed E-state index contributed by atoms with van der Waals surface area (Å²) in [6.45, 7) is 1.86. The largest absolute Gasteiger partial charge is 0.506 e. The molecule has 0 fully saturated rings. The lowest BCUT2D eigenvalue weighted by atomic mass is 10.1. The Morgan fingerprint density at radius 2 is 2.33 bits per heavy atom. The maximum absolute atomic E-state index is 9.39. The number of azide groups is 1. The Kier molecular flexibility index (Phi) is 3.87. The van der Waals surface area contributed by atoms with Crippen LogP contribution in [0.15, 0.2) is 17.2 Å². The highest BCUT2D eigenvalue weighted by Crippen LogP contribution is 2.27. The van der Waals surface area contributed by atoms with Crippen molar-refractivity contribution in [2.75, 3.05) is 6.54 Å². The van der Waals surface area contributed by atoms with E-state index in [1.807, 2.05) is 0 Å². The molecule has 4 nitrogen and oxygen atoms in total. The van der Waals surface area contributed by atoms with Gasteiger partial charge >= 0.3 is 0 Å². The molecule has 0 aromatic heterocycles. The molecular formula is C10H8ClN3O. The number of phenols is 1. The summed E-state index contributed by atoms with van der Waals surface area (Å²) in [5.74, 6) is 5.51. The van der Waals surface area contributed by atoms with E-state index in [1.54, 1.807) is 19.1 Å². The summed E-state index contributed by atoms with van der Waals surface area (Å²) in [4.78, 5) is 2.57. The Labute approximate surface area is 92.1 Å². The van der Waals surface area contributed by atoms with Crippen molar-refractivity contribution in [1.29, 1.82) is 0 Å². The minimum Gasteiger partial charge on any atom is -0.506 e. The van der Waals surface area contributed by atoms with Crippen LogP contribution in [0.25, 0.3) is 10.4 Å². The van der Waals surface area contributed by atoms with E-state index in [4.69, 9.17) is 17.1 Å². The first kappa shape index (κ1) is 11.3.